The summed E-state index contributed by atoms with van der Waals surface area (Å²) in [7, 11) is 0. The Balaban J connectivity index is 2.79. The lowest BCUT2D eigenvalue weighted by atomic mass is 10.1. The molecule has 0 saturated heterocycles. The van der Waals surface area contributed by atoms with Crippen molar-refractivity contribution < 1.29 is 28.6 Å². The van der Waals surface area contributed by atoms with Crippen LogP contribution in [-0.2, 0) is 16.0 Å². The number of amides is 1. The Labute approximate surface area is 113 Å². The van der Waals surface area contributed by atoms with E-state index in [9.17, 15) is 18.4 Å². The maximum absolute atomic E-state index is 13.0. The van der Waals surface area contributed by atoms with E-state index >= 15 is 0 Å². The van der Waals surface area contributed by atoms with E-state index in [1.54, 1.807) is 0 Å². The fourth-order valence-corrected chi connectivity index (χ4v) is 1.46. The first kappa shape index (κ1) is 16.0. The van der Waals surface area contributed by atoms with Crippen LogP contribution in [0.1, 0.15) is 5.56 Å². The molecule has 0 fully saturated rings. The molecule has 1 amide bonds. The number of nitrogens with two attached hydrogens (primary N) is 1. The molecular formula is C12H14F2N2O4. The highest BCUT2D eigenvalue weighted by molar-refractivity contribution is 5.87. The quantitative estimate of drug-likeness (QED) is 0.558. The number of carbonyl (C=O) groups excluding carboxylic acids is 1. The smallest absolute Gasteiger partial charge is 0.326 e. The molecule has 6 nitrogen and oxygen atoms in total. The van der Waals surface area contributed by atoms with Crippen molar-refractivity contribution in [3.8, 4) is 0 Å². The summed E-state index contributed by atoms with van der Waals surface area (Å²) in [6.45, 7) is -0.636. The fourth-order valence-electron chi connectivity index (χ4n) is 1.46. The molecule has 0 aliphatic rings. The number of aliphatic carboxylic acids is 1. The number of carboxylic acid groups (broad SMARTS) is 1. The standard InChI is InChI=1S/C12H14F2N2O4/c13-7-2-1-6(3-8(7)14)4-10(12(19)20)16-11(18)9(15)5-17/h1-3,9-10,17H,4-5,15H2,(H,16,18)(H,19,20)/t9-,10?/m0/s1. The molecule has 1 rings (SSSR count). The minimum atomic E-state index is -1.36. The number of carboxylic acids is 1. The van der Waals surface area contributed by atoms with E-state index in [1.165, 1.54) is 6.07 Å². The number of hydrogen-bond donors (Lipinski definition) is 4. The van der Waals surface area contributed by atoms with Gasteiger partial charge in [0.2, 0.25) is 5.91 Å². The van der Waals surface area contributed by atoms with E-state index in [-0.39, 0.29) is 12.0 Å². The summed E-state index contributed by atoms with van der Waals surface area (Å²) in [5, 5.41) is 19.8. The average molecular weight is 288 g/mol. The lowest BCUT2D eigenvalue weighted by molar-refractivity contribution is -0.142. The molecule has 0 aromatic heterocycles. The van der Waals surface area contributed by atoms with Crippen molar-refractivity contribution in [3.63, 3.8) is 0 Å². The molecule has 1 unspecified atom stereocenters. The largest absolute Gasteiger partial charge is 0.480 e. The maximum Gasteiger partial charge on any atom is 0.326 e. The van der Waals surface area contributed by atoms with Gasteiger partial charge in [-0.1, -0.05) is 6.07 Å². The van der Waals surface area contributed by atoms with E-state index in [0.29, 0.717) is 0 Å². The Morgan fingerprint density at radius 2 is 1.95 bits per heavy atom. The van der Waals surface area contributed by atoms with Crippen LogP contribution >= 0.6 is 0 Å². The predicted octanol–water partition coefficient (Wildman–Crippen LogP) is -0.604. The van der Waals surface area contributed by atoms with Crippen molar-refractivity contribution in [1.29, 1.82) is 0 Å². The summed E-state index contributed by atoms with van der Waals surface area (Å²) >= 11 is 0. The third kappa shape index (κ3) is 4.25. The van der Waals surface area contributed by atoms with E-state index in [0.717, 1.165) is 12.1 Å². The monoisotopic (exact) mass is 288 g/mol. The topological polar surface area (TPSA) is 113 Å². The van der Waals surface area contributed by atoms with Gasteiger partial charge in [-0.05, 0) is 17.7 Å². The van der Waals surface area contributed by atoms with Gasteiger partial charge < -0.3 is 21.3 Å². The molecule has 0 bridgehead atoms. The summed E-state index contributed by atoms with van der Waals surface area (Å²) in [5.41, 5.74) is 5.44. The molecule has 110 valence electrons. The highest BCUT2D eigenvalue weighted by Crippen LogP contribution is 2.10. The Bertz CT molecular complexity index is 510. The summed E-state index contributed by atoms with van der Waals surface area (Å²) in [5.74, 6) is -4.35. The number of carbonyl (C=O) groups is 2. The number of halogens is 2. The molecule has 5 N–H and O–H groups in total. The zero-order valence-electron chi connectivity index (χ0n) is 10.3. The van der Waals surface area contributed by atoms with Crippen LogP contribution in [0, 0.1) is 11.6 Å². The number of hydrogen-bond acceptors (Lipinski definition) is 4. The van der Waals surface area contributed by atoms with Crippen molar-refractivity contribution >= 4 is 11.9 Å². The van der Waals surface area contributed by atoms with Gasteiger partial charge in [0.1, 0.15) is 12.1 Å². The zero-order chi connectivity index (χ0) is 15.3. The van der Waals surface area contributed by atoms with Gasteiger partial charge in [-0.2, -0.15) is 0 Å². The summed E-state index contributed by atoms with van der Waals surface area (Å²) in [6, 6.07) is 0.326. The van der Waals surface area contributed by atoms with Gasteiger partial charge in [-0.3, -0.25) is 4.79 Å². The molecule has 0 spiro atoms. The van der Waals surface area contributed by atoms with Crippen LogP contribution in [0.4, 0.5) is 8.78 Å². The van der Waals surface area contributed by atoms with Gasteiger partial charge in [0.25, 0.3) is 0 Å². The van der Waals surface area contributed by atoms with E-state index < -0.39 is 42.2 Å². The molecular weight excluding hydrogens is 274 g/mol. The molecule has 20 heavy (non-hydrogen) atoms. The lowest BCUT2D eigenvalue weighted by Gasteiger charge is -2.17. The number of aliphatic hydroxyl groups is 1. The second kappa shape index (κ2) is 6.92. The number of aliphatic hydroxyl groups excluding tert-OH is 1. The first-order valence-corrected chi connectivity index (χ1v) is 5.68. The maximum atomic E-state index is 13.0. The molecule has 1 aromatic carbocycles. The number of rotatable bonds is 6. The highest BCUT2D eigenvalue weighted by atomic mass is 19.2. The summed E-state index contributed by atoms with van der Waals surface area (Å²) in [4.78, 5) is 22.4. The van der Waals surface area contributed by atoms with E-state index in [4.69, 9.17) is 15.9 Å². The molecule has 2 atom stereocenters. The molecule has 0 aliphatic heterocycles. The van der Waals surface area contributed by atoms with Gasteiger partial charge in [-0.15, -0.1) is 0 Å². The molecule has 8 heteroatoms. The van der Waals surface area contributed by atoms with Gasteiger partial charge in [0.05, 0.1) is 6.61 Å². The third-order valence-electron chi connectivity index (χ3n) is 2.57. The molecule has 0 saturated carbocycles. The first-order valence-electron chi connectivity index (χ1n) is 5.68. The Kier molecular flexibility index (Phi) is 5.53. The van der Waals surface area contributed by atoms with Gasteiger partial charge >= 0.3 is 5.97 Å². The van der Waals surface area contributed by atoms with Crippen LogP contribution in [0.3, 0.4) is 0 Å². The average Bonchev–Trinajstić information content (AvgIpc) is 2.40. The van der Waals surface area contributed by atoms with E-state index in [1.807, 2.05) is 0 Å². The van der Waals surface area contributed by atoms with Crippen LogP contribution in [0.25, 0.3) is 0 Å². The lowest BCUT2D eigenvalue weighted by Crippen LogP contribution is -2.50. The fraction of sp³-hybridized carbons (Fsp3) is 0.333. The number of nitrogens with one attached hydrogen (secondary N) is 1. The van der Waals surface area contributed by atoms with Crippen LogP contribution in [-0.4, -0.2) is 40.8 Å². The Hall–Kier alpha value is -2.06. The van der Waals surface area contributed by atoms with Crippen molar-refractivity contribution in [1.82, 2.24) is 5.32 Å². The van der Waals surface area contributed by atoms with Crippen molar-refractivity contribution in [3.05, 3.63) is 35.4 Å². The molecule has 0 radical (unpaired) electrons. The molecule has 1 aromatic rings. The summed E-state index contributed by atoms with van der Waals surface area (Å²) < 4.78 is 25.8. The third-order valence-corrected chi connectivity index (χ3v) is 2.57. The molecule has 0 aliphatic carbocycles. The minimum absolute atomic E-state index is 0.203. The first-order chi connectivity index (χ1) is 9.35. The SMILES string of the molecule is N[C@@H](CO)C(=O)NC(Cc1ccc(F)c(F)c1)C(=O)O. The summed E-state index contributed by atoms with van der Waals surface area (Å²) in [6.07, 6.45) is -0.240. The Morgan fingerprint density at radius 1 is 1.30 bits per heavy atom. The number of benzene rings is 1. The highest BCUT2D eigenvalue weighted by Gasteiger charge is 2.23. The molecule has 0 heterocycles. The van der Waals surface area contributed by atoms with E-state index in [2.05, 4.69) is 5.32 Å². The second-order valence-corrected chi connectivity index (χ2v) is 4.14. The van der Waals surface area contributed by atoms with Crippen molar-refractivity contribution in [2.24, 2.45) is 5.73 Å². The predicted molar refractivity (Wildman–Crippen MR) is 64.7 cm³/mol. The second-order valence-electron chi connectivity index (χ2n) is 4.14. The zero-order valence-corrected chi connectivity index (χ0v) is 10.3. The van der Waals surface area contributed by atoms with Crippen molar-refractivity contribution in [2.45, 2.75) is 18.5 Å². The van der Waals surface area contributed by atoms with Crippen LogP contribution in [0.2, 0.25) is 0 Å². The van der Waals surface area contributed by atoms with Crippen LogP contribution < -0.4 is 11.1 Å². The van der Waals surface area contributed by atoms with Crippen molar-refractivity contribution in [2.75, 3.05) is 6.61 Å². The van der Waals surface area contributed by atoms with Crippen LogP contribution in [0.5, 0.6) is 0 Å². The van der Waals surface area contributed by atoms with Crippen LogP contribution in [0.15, 0.2) is 18.2 Å². The van der Waals surface area contributed by atoms with Gasteiger partial charge in [0.15, 0.2) is 11.6 Å². The minimum Gasteiger partial charge on any atom is -0.480 e. The Morgan fingerprint density at radius 3 is 2.45 bits per heavy atom. The normalized spacial score (nSPS) is 13.6. The van der Waals surface area contributed by atoms with Gasteiger partial charge in [-0.25, -0.2) is 13.6 Å². The van der Waals surface area contributed by atoms with Gasteiger partial charge in [0, 0.05) is 6.42 Å².